The second-order valence-corrected chi connectivity index (χ2v) is 6.65. The first-order chi connectivity index (χ1) is 10.6. The van der Waals surface area contributed by atoms with Gasteiger partial charge in [0.1, 0.15) is 0 Å². The first kappa shape index (κ1) is 15.3. The molecule has 112 valence electrons. The van der Waals surface area contributed by atoms with Crippen LogP contribution in [-0.4, -0.2) is 10.9 Å². The monoisotopic (exact) mass is 350 g/mol. The second-order valence-electron chi connectivity index (χ2n) is 4.75. The number of hydrogen-bond donors (Lipinski definition) is 1. The number of fused-ring (bicyclic) bond motifs is 1. The summed E-state index contributed by atoms with van der Waals surface area (Å²) < 4.78 is 1.05. The molecule has 0 saturated carbocycles. The average Bonchev–Trinajstić information content (AvgIpc) is 2.88. The lowest BCUT2D eigenvalue weighted by atomic mass is 10.1. The van der Waals surface area contributed by atoms with Crippen molar-refractivity contribution in [3.8, 4) is 0 Å². The minimum atomic E-state index is -0.276. The van der Waals surface area contributed by atoms with E-state index in [2.05, 4.69) is 17.2 Å². The molecule has 0 aliphatic carbocycles. The van der Waals surface area contributed by atoms with Gasteiger partial charge in [0.2, 0.25) is 0 Å². The Balaban J connectivity index is 1.91. The molecule has 2 aromatic carbocycles. The molecule has 0 fully saturated rings. The minimum absolute atomic E-state index is 0.276. The number of amides is 1. The van der Waals surface area contributed by atoms with Crippen LogP contribution in [0.1, 0.15) is 22.8 Å². The molecule has 0 saturated heterocycles. The quantitative estimate of drug-likeness (QED) is 0.685. The molecule has 3 nitrogen and oxygen atoms in total. The summed E-state index contributed by atoms with van der Waals surface area (Å²) >= 11 is 13.3. The molecule has 1 N–H and O–H groups in total. The Morgan fingerprint density at radius 1 is 1.23 bits per heavy atom. The Kier molecular flexibility index (Phi) is 4.34. The summed E-state index contributed by atoms with van der Waals surface area (Å²) in [6, 6.07) is 10.8. The number of carbonyl (C=O) groups is 1. The predicted octanol–water partition coefficient (Wildman–Crippen LogP) is 5.42. The summed E-state index contributed by atoms with van der Waals surface area (Å²) in [5.74, 6) is -0.276. The summed E-state index contributed by atoms with van der Waals surface area (Å²) in [4.78, 5) is 16.8. The number of aryl methyl sites for hydroxylation is 1. The number of nitrogens with one attached hydrogen (secondary N) is 1. The maximum atomic E-state index is 12.3. The SMILES string of the molecule is CCc1cccc2sc(NC(=O)c3cc(Cl)cc(Cl)c3)nc12. The second kappa shape index (κ2) is 6.24. The van der Waals surface area contributed by atoms with Gasteiger partial charge in [0, 0.05) is 15.6 Å². The molecule has 0 atom stereocenters. The number of para-hydroxylation sites is 1. The number of benzene rings is 2. The Hall–Kier alpha value is -1.62. The summed E-state index contributed by atoms with van der Waals surface area (Å²) in [5, 5.41) is 4.22. The van der Waals surface area contributed by atoms with Crippen LogP contribution in [0.5, 0.6) is 0 Å². The van der Waals surface area contributed by atoms with Crippen molar-refractivity contribution < 1.29 is 4.79 Å². The van der Waals surface area contributed by atoms with Crippen molar-refractivity contribution in [2.45, 2.75) is 13.3 Å². The molecule has 0 unspecified atom stereocenters. The van der Waals surface area contributed by atoms with Gasteiger partial charge < -0.3 is 0 Å². The van der Waals surface area contributed by atoms with Crippen molar-refractivity contribution in [3.63, 3.8) is 0 Å². The fourth-order valence-corrected chi connectivity index (χ4v) is 3.63. The Bertz CT molecular complexity index is 840. The first-order valence-corrected chi connectivity index (χ1v) is 8.30. The van der Waals surface area contributed by atoms with E-state index in [4.69, 9.17) is 23.2 Å². The minimum Gasteiger partial charge on any atom is -0.298 e. The van der Waals surface area contributed by atoms with Crippen LogP contribution in [0.3, 0.4) is 0 Å². The van der Waals surface area contributed by atoms with Gasteiger partial charge in [-0.15, -0.1) is 0 Å². The fourth-order valence-electron chi connectivity index (χ4n) is 2.20. The zero-order valence-corrected chi connectivity index (χ0v) is 14.0. The van der Waals surface area contributed by atoms with Crippen molar-refractivity contribution in [2.75, 3.05) is 5.32 Å². The van der Waals surface area contributed by atoms with E-state index in [1.54, 1.807) is 18.2 Å². The number of nitrogens with zero attached hydrogens (tertiary/aromatic N) is 1. The first-order valence-electron chi connectivity index (χ1n) is 6.72. The average molecular weight is 351 g/mol. The van der Waals surface area contributed by atoms with Crippen molar-refractivity contribution >= 4 is 55.8 Å². The van der Waals surface area contributed by atoms with Crippen LogP contribution in [-0.2, 0) is 6.42 Å². The van der Waals surface area contributed by atoms with Gasteiger partial charge in [-0.1, -0.05) is 53.6 Å². The zero-order valence-electron chi connectivity index (χ0n) is 11.7. The maximum absolute atomic E-state index is 12.3. The number of carbonyl (C=O) groups excluding carboxylic acids is 1. The molecule has 0 radical (unpaired) electrons. The van der Waals surface area contributed by atoms with Crippen molar-refractivity contribution in [1.82, 2.24) is 4.98 Å². The largest absolute Gasteiger partial charge is 0.298 e. The van der Waals surface area contributed by atoms with Gasteiger partial charge in [-0.25, -0.2) is 4.98 Å². The third kappa shape index (κ3) is 3.09. The summed E-state index contributed by atoms with van der Waals surface area (Å²) in [6.07, 6.45) is 0.901. The molecule has 0 spiro atoms. The third-order valence-electron chi connectivity index (χ3n) is 3.23. The van der Waals surface area contributed by atoms with Gasteiger partial charge >= 0.3 is 0 Å². The van der Waals surface area contributed by atoms with Gasteiger partial charge in [-0.05, 0) is 36.2 Å². The van der Waals surface area contributed by atoms with E-state index < -0.39 is 0 Å². The third-order valence-corrected chi connectivity index (χ3v) is 4.60. The van der Waals surface area contributed by atoms with E-state index in [1.165, 1.54) is 16.9 Å². The van der Waals surface area contributed by atoms with Crippen LogP contribution in [0, 0.1) is 0 Å². The molecule has 0 aliphatic heterocycles. The Morgan fingerprint density at radius 3 is 2.64 bits per heavy atom. The van der Waals surface area contributed by atoms with Gasteiger partial charge in [0.15, 0.2) is 5.13 Å². The normalized spacial score (nSPS) is 10.9. The molecule has 0 aliphatic rings. The van der Waals surface area contributed by atoms with Gasteiger partial charge in [0.25, 0.3) is 5.91 Å². The van der Waals surface area contributed by atoms with Gasteiger partial charge in [-0.2, -0.15) is 0 Å². The lowest BCUT2D eigenvalue weighted by Crippen LogP contribution is -2.11. The molecule has 1 amide bonds. The number of halogens is 2. The maximum Gasteiger partial charge on any atom is 0.257 e. The van der Waals surface area contributed by atoms with Gasteiger partial charge in [-0.3, -0.25) is 10.1 Å². The Labute approximate surface area is 141 Å². The van der Waals surface area contributed by atoms with Crippen LogP contribution >= 0.6 is 34.5 Å². The number of rotatable bonds is 3. The number of hydrogen-bond acceptors (Lipinski definition) is 3. The highest BCUT2D eigenvalue weighted by Gasteiger charge is 2.12. The predicted molar refractivity (Wildman–Crippen MR) is 93.4 cm³/mol. The smallest absolute Gasteiger partial charge is 0.257 e. The highest BCUT2D eigenvalue weighted by Crippen LogP contribution is 2.29. The number of anilines is 1. The van der Waals surface area contributed by atoms with Crippen LogP contribution in [0.15, 0.2) is 36.4 Å². The van der Waals surface area contributed by atoms with E-state index in [1.807, 2.05) is 18.2 Å². The van der Waals surface area contributed by atoms with E-state index in [9.17, 15) is 4.79 Å². The molecule has 3 rings (SSSR count). The van der Waals surface area contributed by atoms with Crippen molar-refractivity contribution in [1.29, 1.82) is 0 Å². The number of thiazole rings is 1. The highest BCUT2D eigenvalue weighted by molar-refractivity contribution is 7.22. The van der Waals surface area contributed by atoms with Crippen molar-refractivity contribution in [3.05, 3.63) is 57.6 Å². The van der Waals surface area contributed by atoms with E-state index in [0.717, 1.165) is 16.6 Å². The molecule has 1 aromatic heterocycles. The fraction of sp³-hybridized carbons (Fsp3) is 0.125. The molecule has 22 heavy (non-hydrogen) atoms. The lowest BCUT2D eigenvalue weighted by Gasteiger charge is -2.03. The van der Waals surface area contributed by atoms with E-state index in [-0.39, 0.29) is 5.91 Å². The summed E-state index contributed by atoms with van der Waals surface area (Å²) in [6.45, 7) is 2.08. The van der Waals surface area contributed by atoms with Crippen molar-refractivity contribution in [2.24, 2.45) is 0 Å². The molecule has 6 heteroatoms. The van der Waals surface area contributed by atoms with Gasteiger partial charge in [0.05, 0.1) is 10.2 Å². The Morgan fingerprint density at radius 2 is 1.95 bits per heavy atom. The molecule has 1 heterocycles. The van der Waals surface area contributed by atoms with Crippen LogP contribution in [0.25, 0.3) is 10.2 Å². The molecule has 0 bridgehead atoms. The van der Waals surface area contributed by atoms with E-state index in [0.29, 0.717) is 20.7 Å². The topological polar surface area (TPSA) is 42.0 Å². The zero-order chi connectivity index (χ0) is 15.7. The highest BCUT2D eigenvalue weighted by atomic mass is 35.5. The summed E-state index contributed by atoms with van der Waals surface area (Å²) in [7, 11) is 0. The molecular formula is C16H12Cl2N2OS. The van der Waals surface area contributed by atoms with Crippen LogP contribution < -0.4 is 5.32 Å². The van der Waals surface area contributed by atoms with E-state index >= 15 is 0 Å². The lowest BCUT2D eigenvalue weighted by molar-refractivity contribution is 0.102. The van der Waals surface area contributed by atoms with Crippen LogP contribution in [0.2, 0.25) is 10.0 Å². The summed E-state index contributed by atoms with van der Waals surface area (Å²) in [5.41, 5.74) is 2.52. The standard InChI is InChI=1S/C16H12Cl2N2OS/c1-2-9-4-3-5-13-14(9)19-16(22-13)20-15(21)10-6-11(17)8-12(18)7-10/h3-8H,2H2,1H3,(H,19,20,21). The molecular weight excluding hydrogens is 339 g/mol. The van der Waals surface area contributed by atoms with Crippen LogP contribution in [0.4, 0.5) is 5.13 Å². The molecule has 3 aromatic rings. The number of aromatic nitrogens is 1.